The Labute approximate surface area is 175 Å². The van der Waals surface area contributed by atoms with Gasteiger partial charge in [0.2, 0.25) is 12.5 Å². The van der Waals surface area contributed by atoms with Crippen LogP contribution >= 0.6 is 0 Å². The van der Waals surface area contributed by atoms with Crippen molar-refractivity contribution in [1.29, 1.82) is 0 Å². The van der Waals surface area contributed by atoms with Gasteiger partial charge in [-0.25, -0.2) is 0 Å². The number of ether oxygens (including phenoxy) is 3. The first kappa shape index (κ1) is 20.4. The number of methoxy groups -OCH3 is 1. The van der Waals surface area contributed by atoms with Crippen molar-refractivity contribution in [2.45, 2.75) is 39.2 Å². The van der Waals surface area contributed by atoms with Crippen molar-refractivity contribution in [3.63, 3.8) is 0 Å². The standard InChI is InChI=1S/C22H27N3O5/c1-12-19(13(2)25(4)23-12)17(27)10-15(26)9-16-20-14(6-7-24(16)3)8-18-21(22(20)28-5)30-11-29-18/h8,16H,6-7,9-11H2,1-5H3. The fourth-order valence-electron chi connectivity index (χ4n) is 4.52. The van der Waals surface area contributed by atoms with E-state index in [0.29, 0.717) is 28.5 Å². The van der Waals surface area contributed by atoms with Crippen molar-refractivity contribution in [3.05, 3.63) is 34.1 Å². The summed E-state index contributed by atoms with van der Waals surface area (Å²) in [6.07, 6.45) is 0.917. The summed E-state index contributed by atoms with van der Waals surface area (Å²) in [5, 5.41) is 4.29. The number of carbonyl (C=O) groups is 2. The van der Waals surface area contributed by atoms with Gasteiger partial charge in [-0.05, 0) is 38.9 Å². The molecule has 2 aromatic rings. The zero-order chi connectivity index (χ0) is 21.6. The smallest absolute Gasteiger partial charge is 0.231 e. The normalized spacial score (nSPS) is 17.7. The maximum absolute atomic E-state index is 12.9. The van der Waals surface area contributed by atoms with Crippen LogP contribution in [0.15, 0.2) is 6.07 Å². The van der Waals surface area contributed by atoms with Crippen molar-refractivity contribution in [2.24, 2.45) is 7.05 Å². The summed E-state index contributed by atoms with van der Waals surface area (Å²) in [6.45, 7) is 4.61. The largest absolute Gasteiger partial charge is 0.492 e. The molecule has 0 saturated carbocycles. The van der Waals surface area contributed by atoms with Crippen LogP contribution < -0.4 is 14.2 Å². The van der Waals surface area contributed by atoms with Crippen LogP contribution in [0.2, 0.25) is 0 Å². The van der Waals surface area contributed by atoms with Crippen molar-refractivity contribution in [3.8, 4) is 17.2 Å². The zero-order valence-electron chi connectivity index (χ0n) is 18.1. The number of benzene rings is 1. The Morgan fingerprint density at radius 2 is 2.03 bits per heavy atom. The number of fused-ring (bicyclic) bond motifs is 2. The van der Waals surface area contributed by atoms with E-state index in [1.54, 1.807) is 25.8 Å². The molecule has 0 fully saturated rings. The number of aromatic nitrogens is 2. The summed E-state index contributed by atoms with van der Waals surface area (Å²) >= 11 is 0. The van der Waals surface area contributed by atoms with E-state index in [2.05, 4.69) is 10.00 Å². The molecule has 2 aliphatic heterocycles. The number of likely N-dealkylation sites (N-methyl/N-ethyl adjacent to an activating group) is 1. The molecule has 1 atom stereocenters. The van der Waals surface area contributed by atoms with Crippen molar-refractivity contribution >= 4 is 11.6 Å². The molecule has 0 aliphatic carbocycles. The predicted molar refractivity (Wildman–Crippen MR) is 109 cm³/mol. The monoisotopic (exact) mass is 413 g/mol. The van der Waals surface area contributed by atoms with Gasteiger partial charge in [0.25, 0.3) is 0 Å². The Hall–Kier alpha value is -2.87. The fourth-order valence-corrected chi connectivity index (χ4v) is 4.52. The topological polar surface area (TPSA) is 82.9 Å². The first-order valence-electron chi connectivity index (χ1n) is 10.1. The quantitative estimate of drug-likeness (QED) is 0.532. The van der Waals surface area contributed by atoms with E-state index in [9.17, 15) is 9.59 Å². The molecule has 1 aromatic carbocycles. The van der Waals surface area contributed by atoms with E-state index in [0.717, 1.165) is 29.8 Å². The van der Waals surface area contributed by atoms with Crippen molar-refractivity contribution in [2.75, 3.05) is 27.5 Å². The van der Waals surface area contributed by atoms with Crippen LogP contribution in [-0.2, 0) is 18.3 Å². The third-order valence-corrected chi connectivity index (χ3v) is 6.11. The van der Waals surface area contributed by atoms with Gasteiger partial charge in [-0.1, -0.05) is 0 Å². The van der Waals surface area contributed by atoms with Gasteiger partial charge in [0.05, 0.1) is 24.8 Å². The van der Waals surface area contributed by atoms with Gasteiger partial charge in [-0.2, -0.15) is 5.10 Å². The number of hydrogen-bond donors (Lipinski definition) is 0. The Morgan fingerprint density at radius 3 is 2.70 bits per heavy atom. The van der Waals surface area contributed by atoms with Crippen molar-refractivity contribution < 1.29 is 23.8 Å². The number of hydrogen-bond acceptors (Lipinski definition) is 7. The lowest BCUT2D eigenvalue weighted by Crippen LogP contribution is -2.34. The second-order valence-corrected chi connectivity index (χ2v) is 7.97. The molecule has 0 amide bonds. The third-order valence-electron chi connectivity index (χ3n) is 6.11. The third kappa shape index (κ3) is 3.35. The molecule has 3 heterocycles. The number of nitrogens with zero attached hydrogens (tertiary/aromatic N) is 3. The van der Waals surface area contributed by atoms with Gasteiger partial charge in [0, 0.05) is 37.3 Å². The lowest BCUT2D eigenvalue weighted by Gasteiger charge is -2.35. The summed E-state index contributed by atoms with van der Waals surface area (Å²) in [4.78, 5) is 27.9. The summed E-state index contributed by atoms with van der Waals surface area (Å²) in [6, 6.07) is 1.80. The van der Waals surface area contributed by atoms with Gasteiger partial charge in [0.15, 0.2) is 17.3 Å². The van der Waals surface area contributed by atoms with Crippen LogP contribution in [0, 0.1) is 13.8 Å². The highest BCUT2D eigenvalue weighted by molar-refractivity contribution is 6.09. The molecule has 0 saturated heterocycles. The van der Waals surface area contributed by atoms with Gasteiger partial charge < -0.3 is 14.2 Å². The highest BCUT2D eigenvalue weighted by Gasteiger charge is 2.35. The predicted octanol–water partition coefficient (Wildman–Crippen LogP) is 2.54. The van der Waals surface area contributed by atoms with E-state index in [1.165, 1.54) is 0 Å². The van der Waals surface area contributed by atoms with Crippen LogP contribution in [0.4, 0.5) is 0 Å². The second kappa shape index (κ2) is 7.75. The molecule has 160 valence electrons. The molecule has 4 rings (SSSR count). The lowest BCUT2D eigenvalue weighted by atomic mass is 9.87. The second-order valence-electron chi connectivity index (χ2n) is 7.97. The highest BCUT2D eigenvalue weighted by Crippen LogP contribution is 2.50. The van der Waals surface area contributed by atoms with Crippen LogP contribution in [-0.4, -0.2) is 53.7 Å². The first-order chi connectivity index (χ1) is 14.3. The Bertz CT molecular complexity index is 1030. The molecule has 0 N–H and O–H groups in total. The average Bonchev–Trinajstić information content (AvgIpc) is 3.26. The summed E-state index contributed by atoms with van der Waals surface area (Å²) in [7, 11) is 5.38. The summed E-state index contributed by atoms with van der Waals surface area (Å²) in [5.74, 6) is 1.60. The minimum Gasteiger partial charge on any atom is -0.492 e. The summed E-state index contributed by atoms with van der Waals surface area (Å²) < 4.78 is 18.5. The minimum absolute atomic E-state index is 0.105. The van der Waals surface area contributed by atoms with E-state index >= 15 is 0 Å². The number of ketones is 2. The summed E-state index contributed by atoms with van der Waals surface area (Å²) in [5.41, 5.74) is 4.02. The van der Waals surface area contributed by atoms with Crippen LogP contribution in [0.3, 0.4) is 0 Å². The molecule has 8 nitrogen and oxygen atoms in total. The Morgan fingerprint density at radius 1 is 1.27 bits per heavy atom. The van der Waals surface area contributed by atoms with E-state index < -0.39 is 0 Å². The molecular formula is C22H27N3O5. The Balaban J connectivity index is 1.59. The van der Waals surface area contributed by atoms with Crippen LogP contribution in [0.1, 0.15) is 51.8 Å². The van der Waals surface area contributed by atoms with Gasteiger partial charge >= 0.3 is 0 Å². The SMILES string of the molecule is COc1c2c(cc3c1C(CC(=O)CC(=O)c1c(C)nn(C)c1C)N(C)CC3)OCO2. The molecule has 8 heteroatoms. The minimum atomic E-state index is -0.186. The van der Waals surface area contributed by atoms with Crippen LogP contribution in [0.25, 0.3) is 0 Å². The Kier molecular flexibility index (Phi) is 5.27. The maximum atomic E-state index is 12.9. The average molecular weight is 413 g/mol. The molecule has 0 spiro atoms. The molecular weight excluding hydrogens is 386 g/mol. The zero-order valence-corrected chi connectivity index (χ0v) is 18.1. The van der Waals surface area contributed by atoms with Crippen molar-refractivity contribution in [1.82, 2.24) is 14.7 Å². The van der Waals surface area contributed by atoms with E-state index in [-0.39, 0.29) is 37.2 Å². The molecule has 1 aromatic heterocycles. The highest BCUT2D eigenvalue weighted by atomic mass is 16.7. The van der Waals surface area contributed by atoms with E-state index in [1.807, 2.05) is 20.0 Å². The number of aryl methyl sites for hydroxylation is 2. The first-order valence-corrected chi connectivity index (χ1v) is 10.1. The van der Waals surface area contributed by atoms with Crippen LogP contribution in [0.5, 0.6) is 17.2 Å². The van der Waals surface area contributed by atoms with Gasteiger partial charge in [-0.15, -0.1) is 0 Å². The molecule has 0 bridgehead atoms. The lowest BCUT2D eigenvalue weighted by molar-refractivity contribution is -0.119. The maximum Gasteiger partial charge on any atom is 0.231 e. The molecule has 0 radical (unpaired) electrons. The number of carbonyl (C=O) groups excluding carboxylic acids is 2. The van der Waals surface area contributed by atoms with Gasteiger partial charge in [0.1, 0.15) is 5.78 Å². The number of rotatable bonds is 6. The molecule has 2 aliphatic rings. The van der Waals surface area contributed by atoms with Gasteiger partial charge in [-0.3, -0.25) is 19.2 Å². The van der Waals surface area contributed by atoms with E-state index in [4.69, 9.17) is 14.2 Å². The molecule has 1 unspecified atom stereocenters. The number of Topliss-reactive ketones (excluding diaryl/α,β-unsaturated/α-hetero) is 2. The fraction of sp³-hybridized carbons (Fsp3) is 0.500. The molecule has 30 heavy (non-hydrogen) atoms.